The first-order valence-electron chi connectivity index (χ1n) is 12.8. The Morgan fingerprint density at radius 2 is 1.59 bits per heavy atom. The second-order valence-corrected chi connectivity index (χ2v) is 11.3. The first kappa shape index (κ1) is 30.1. The van der Waals surface area contributed by atoms with Crippen molar-refractivity contribution in [1.29, 1.82) is 0 Å². The molecule has 1 atom stereocenters. The van der Waals surface area contributed by atoms with Crippen LogP contribution in [0.4, 0.5) is 10.1 Å². The minimum Gasteiger partial charge on any atom is -0.354 e. The van der Waals surface area contributed by atoms with Gasteiger partial charge in [0, 0.05) is 18.1 Å². The maximum atomic E-state index is 13.9. The van der Waals surface area contributed by atoms with Crippen LogP contribution in [0, 0.1) is 5.82 Å². The number of benzene rings is 3. The molecule has 0 heterocycles. The lowest BCUT2D eigenvalue weighted by molar-refractivity contribution is -0.140. The molecule has 0 spiro atoms. The minimum atomic E-state index is -4.26. The molecule has 0 bridgehead atoms. The Labute approximate surface area is 234 Å². The Hall–Kier alpha value is -3.43. The molecule has 39 heavy (non-hydrogen) atoms. The number of sulfonamides is 1. The number of unbranched alkanes of at least 4 members (excludes halogenated alkanes) is 1. The van der Waals surface area contributed by atoms with Crippen LogP contribution >= 0.6 is 11.6 Å². The number of rotatable bonds is 13. The van der Waals surface area contributed by atoms with E-state index in [9.17, 15) is 22.4 Å². The average molecular weight is 574 g/mol. The van der Waals surface area contributed by atoms with Gasteiger partial charge in [-0.05, 0) is 60.9 Å². The number of nitrogens with one attached hydrogen (secondary N) is 1. The Bertz CT molecular complexity index is 1350. The molecule has 0 unspecified atom stereocenters. The second kappa shape index (κ2) is 14.1. The van der Waals surface area contributed by atoms with Gasteiger partial charge in [-0.15, -0.1) is 0 Å². The molecular weight excluding hydrogens is 541 g/mol. The molecule has 2 amide bonds. The first-order valence-corrected chi connectivity index (χ1v) is 14.6. The number of hydrogen-bond donors (Lipinski definition) is 1. The minimum absolute atomic E-state index is 0.0113. The van der Waals surface area contributed by atoms with Crippen molar-refractivity contribution < 1.29 is 22.4 Å². The van der Waals surface area contributed by atoms with Gasteiger partial charge in [-0.1, -0.05) is 68.3 Å². The van der Waals surface area contributed by atoms with Crippen LogP contribution in [-0.2, 0) is 26.2 Å². The fourth-order valence-corrected chi connectivity index (χ4v) is 5.70. The summed E-state index contributed by atoms with van der Waals surface area (Å²) in [7, 11) is -4.26. The molecule has 0 radical (unpaired) electrons. The highest BCUT2D eigenvalue weighted by Crippen LogP contribution is 2.25. The Morgan fingerprint density at radius 1 is 0.949 bits per heavy atom. The van der Waals surface area contributed by atoms with Gasteiger partial charge in [0.15, 0.2) is 0 Å². The third-order valence-electron chi connectivity index (χ3n) is 6.24. The lowest BCUT2D eigenvalue weighted by atomic mass is 10.1. The van der Waals surface area contributed by atoms with Crippen molar-refractivity contribution >= 4 is 39.1 Å². The largest absolute Gasteiger partial charge is 0.354 e. The van der Waals surface area contributed by atoms with Crippen LogP contribution < -0.4 is 9.62 Å². The smallest absolute Gasteiger partial charge is 0.264 e. The molecule has 3 aromatic carbocycles. The van der Waals surface area contributed by atoms with E-state index in [-0.39, 0.29) is 23.0 Å². The normalized spacial score (nSPS) is 12.0. The van der Waals surface area contributed by atoms with E-state index in [2.05, 4.69) is 5.32 Å². The summed E-state index contributed by atoms with van der Waals surface area (Å²) in [5.41, 5.74) is 0.883. The highest BCUT2D eigenvalue weighted by atomic mass is 35.5. The zero-order valence-electron chi connectivity index (χ0n) is 22.0. The molecule has 10 heteroatoms. The van der Waals surface area contributed by atoms with Gasteiger partial charge in [0.1, 0.15) is 18.4 Å². The molecule has 208 valence electrons. The van der Waals surface area contributed by atoms with E-state index in [4.69, 9.17) is 11.6 Å². The number of nitrogens with zero attached hydrogens (tertiary/aromatic N) is 2. The highest BCUT2D eigenvalue weighted by Gasteiger charge is 2.33. The SMILES string of the molecule is CCCCNC(=O)[C@@H](CC)N(Cc1ccccc1Cl)C(=O)CN(c1ccccc1)S(=O)(=O)c1ccc(F)cc1. The molecule has 3 aromatic rings. The van der Waals surface area contributed by atoms with E-state index in [1.54, 1.807) is 61.5 Å². The summed E-state index contributed by atoms with van der Waals surface area (Å²) in [4.78, 5) is 28.3. The number of amides is 2. The van der Waals surface area contributed by atoms with Crippen LogP contribution in [0.1, 0.15) is 38.7 Å². The predicted molar refractivity (Wildman–Crippen MR) is 151 cm³/mol. The van der Waals surface area contributed by atoms with Crippen molar-refractivity contribution in [3.8, 4) is 0 Å². The van der Waals surface area contributed by atoms with Crippen molar-refractivity contribution in [2.45, 2.75) is 50.6 Å². The third-order valence-corrected chi connectivity index (χ3v) is 8.40. The summed E-state index contributed by atoms with van der Waals surface area (Å²) < 4.78 is 41.9. The van der Waals surface area contributed by atoms with Crippen molar-refractivity contribution in [1.82, 2.24) is 10.2 Å². The molecule has 0 fully saturated rings. The summed E-state index contributed by atoms with van der Waals surface area (Å²) in [6.07, 6.45) is 2.00. The summed E-state index contributed by atoms with van der Waals surface area (Å²) in [5.74, 6) is -1.48. The zero-order valence-corrected chi connectivity index (χ0v) is 23.6. The van der Waals surface area contributed by atoms with Gasteiger partial charge < -0.3 is 10.2 Å². The van der Waals surface area contributed by atoms with E-state index in [0.717, 1.165) is 41.4 Å². The molecule has 0 aliphatic carbocycles. The van der Waals surface area contributed by atoms with Gasteiger partial charge >= 0.3 is 0 Å². The van der Waals surface area contributed by atoms with Crippen LogP contribution in [0.3, 0.4) is 0 Å². The van der Waals surface area contributed by atoms with Crippen molar-refractivity contribution in [3.05, 3.63) is 95.3 Å². The number of halogens is 2. The van der Waals surface area contributed by atoms with Crippen molar-refractivity contribution in [2.75, 3.05) is 17.4 Å². The molecule has 3 rings (SSSR count). The number of para-hydroxylation sites is 1. The molecule has 1 N–H and O–H groups in total. The molecular formula is C29H33ClFN3O4S. The summed E-state index contributed by atoms with van der Waals surface area (Å²) in [6, 6.07) is 18.7. The van der Waals surface area contributed by atoms with Gasteiger partial charge in [0.2, 0.25) is 11.8 Å². The van der Waals surface area contributed by atoms with Crippen LogP contribution in [0.5, 0.6) is 0 Å². The predicted octanol–water partition coefficient (Wildman–Crippen LogP) is 5.40. The molecule has 0 aromatic heterocycles. The molecule has 0 saturated carbocycles. The van der Waals surface area contributed by atoms with Gasteiger partial charge in [0.05, 0.1) is 10.6 Å². The van der Waals surface area contributed by atoms with E-state index in [1.165, 1.54) is 4.90 Å². The molecule has 7 nitrogen and oxygen atoms in total. The van der Waals surface area contributed by atoms with E-state index in [1.807, 2.05) is 6.92 Å². The first-order chi connectivity index (χ1) is 18.7. The van der Waals surface area contributed by atoms with E-state index < -0.39 is 34.3 Å². The second-order valence-electron chi connectivity index (χ2n) is 8.98. The van der Waals surface area contributed by atoms with Gasteiger partial charge in [0.25, 0.3) is 10.0 Å². The summed E-state index contributed by atoms with van der Waals surface area (Å²) >= 11 is 6.39. The van der Waals surface area contributed by atoms with Crippen LogP contribution in [0.15, 0.2) is 83.8 Å². The maximum Gasteiger partial charge on any atom is 0.264 e. The lowest BCUT2D eigenvalue weighted by Gasteiger charge is -2.33. The molecule has 0 saturated heterocycles. The van der Waals surface area contributed by atoms with Crippen molar-refractivity contribution in [3.63, 3.8) is 0 Å². The Morgan fingerprint density at radius 3 is 2.21 bits per heavy atom. The quantitative estimate of drug-likeness (QED) is 0.277. The van der Waals surface area contributed by atoms with Gasteiger partial charge in [-0.25, -0.2) is 12.8 Å². The number of carbonyl (C=O) groups excluding carboxylic acids is 2. The standard InChI is InChI=1S/C29H33ClFN3O4S/c1-3-5-19-32-29(36)27(4-2)33(20-22-11-9-10-14-26(22)30)28(35)21-34(24-12-7-6-8-13-24)39(37,38)25-17-15-23(31)16-18-25/h6-18,27H,3-5,19-21H2,1-2H3,(H,32,36)/t27-/m1/s1. The Balaban J connectivity index is 2.02. The number of carbonyl (C=O) groups is 2. The number of anilines is 1. The highest BCUT2D eigenvalue weighted by molar-refractivity contribution is 7.92. The molecule has 0 aliphatic heterocycles. The monoisotopic (exact) mass is 573 g/mol. The van der Waals surface area contributed by atoms with Crippen LogP contribution in [0.25, 0.3) is 0 Å². The third kappa shape index (κ3) is 7.80. The average Bonchev–Trinajstić information content (AvgIpc) is 2.93. The topological polar surface area (TPSA) is 86.8 Å². The zero-order chi connectivity index (χ0) is 28.4. The van der Waals surface area contributed by atoms with E-state index >= 15 is 0 Å². The van der Waals surface area contributed by atoms with Crippen molar-refractivity contribution in [2.24, 2.45) is 0 Å². The van der Waals surface area contributed by atoms with Gasteiger partial charge in [-0.2, -0.15) is 0 Å². The van der Waals surface area contributed by atoms with Crippen LogP contribution in [0.2, 0.25) is 5.02 Å². The fraction of sp³-hybridized carbons (Fsp3) is 0.310. The number of hydrogen-bond acceptors (Lipinski definition) is 4. The van der Waals surface area contributed by atoms with Gasteiger partial charge in [-0.3, -0.25) is 13.9 Å². The summed E-state index contributed by atoms with van der Waals surface area (Å²) in [5, 5.41) is 3.31. The van der Waals surface area contributed by atoms with E-state index in [0.29, 0.717) is 23.6 Å². The fourth-order valence-electron chi connectivity index (χ4n) is 4.09. The summed E-state index contributed by atoms with van der Waals surface area (Å²) in [6.45, 7) is 3.71. The molecule has 0 aliphatic rings. The lowest BCUT2D eigenvalue weighted by Crippen LogP contribution is -2.52. The van der Waals surface area contributed by atoms with Crippen LogP contribution in [-0.4, -0.2) is 44.3 Å². The Kier molecular flexibility index (Phi) is 10.9. The maximum absolute atomic E-state index is 13.9.